The molecule has 1 saturated heterocycles. The Morgan fingerprint density at radius 3 is 2.58 bits per heavy atom. The Hall–Kier alpha value is -2.83. The molecule has 1 aliphatic heterocycles. The van der Waals surface area contributed by atoms with E-state index in [-0.39, 0.29) is 30.1 Å². The van der Waals surface area contributed by atoms with E-state index in [9.17, 15) is 19.5 Å². The van der Waals surface area contributed by atoms with Gasteiger partial charge in [0.15, 0.2) is 0 Å². The molecule has 3 aliphatic rings. The Labute approximate surface area is 150 Å². The fraction of sp³-hybridized carbons (Fsp3) is 0.421. The van der Waals surface area contributed by atoms with Crippen molar-refractivity contribution in [2.45, 2.75) is 20.5 Å². The fourth-order valence-electron chi connectivity index (χ4n) is 4.67. The molecule has 1 aromatic rings. The van der Waals surface area contributed by atoms with E-state index in [1.807, 2.05) is 19.1 Å². The Kier molecular flexibility index (Phi) is 3.57. The number of phenolic OH excluding ortho intramolecular Hbond substituents is 1. The van der Waals surface area contributed by atoms with Gasteiger partial charge in [0.1, 0.15) is 12.4 Å². The molecule has 4 rings (SSSR count). The van der Waals surface area contributed by atoms with Gasteiger partial charge in [-0.25, -0.2) is 4.79 Å². The fourth-order valence-corrected chi connectivity index (χ4v) is 4.67. The second kappa shape index (κ2) is 5.59. The van der Waals surface area contributed by atoms with Gasteiger partial charge in [0.2, 0.25) is 0 Å². The molecule has 2 fully saturated rings. The van der Waals surface area contributed by atoms with Crippen molar-refractivity contribution in [1.82, 2.24) is 5.06 Å². The van der Waals surface area contributed by atoms with Crippen LogP contribution in [0.25, 0.3) is 0 Å². The summed E-state index contributed by atoms with van der Waals surface area (Å²) in [5, 5.41) is 9.80. The summed E-state index contributed by atoms with van der Waals surface area (Å²) in [4.78, 5) is 42.4. The van der Waals surface area contributed by atoms with E-state index in [0.29, 0.717) is 10.6 Å². The lowest BCUT2D eigenvalue weighted by molar-refractivity contribution is -0.181. The second-order valence-electron chi connectivity index (χ2n) is 7.34. The smallest absolute Gasteiger partial charge is 0.508 e. The highest BCUT2D eigenvalue weighted by Crippen LogP contribution is 2.63. The highest BCUT2D eigenvalue weighted by Gasteiger charge is 2.71. The Balaban J connectivity index is 1.43. The first-order valence-corrected chi connectivity index (χ1v) is 8.53. The van der Waals surface area contributed by atoms with Gasteiger partial charge in [-0.2, -0.15) is 0 Å². The van der Waals surface area contributed by atoms with Crippen molar-refractivity contribution >= 4 is 18.0 Å². The number of carbonyl (C=O) groups excluding carboxylic acids is 3. The van der Waals surface area contributed by atoms with Crippen LogP contribution >= 0.6 is 0 Å². The normalized spacial score (nSPS) is 34.3. The predicted molar refractivity (Wildman–Crippen MR) is 88.1 cm³/mol. The number of amides is 2. The van der Waals surface area contributed by atoms with Gasteiger partial charge in [-0.3, -0.25) is 14.4 Å². The minimum atomic E-state index is -1.11. The van der Waals surface area contributed by atoms with Crippen LogP contribution in [0, 0.1) is 29.1 Å². The molecule has 2 bridgehead atoms. The summed E-state index contributed by atoms with van der Waals surface area (Å²) >= 11 is 0. The third-order valence-corrected chi connectivity index (χ3v) is 6.01. The summed E-state index contributed by atoms with van der Waals surface area (Å²) < 4.78 is 4.97. The predicted octanol–water partition coefficient (Wildman–Crippen LogP) is 2.40. The van der Waals surface area contributed by atoms with Gasteiger partial charge in [-0.1, -0.05) is 36.3 Å². The van der Waals surface area contributed by atoms with Crippen molar-refractivity contribution in [2.24, 2.45) is 29.1 Å². The summed E-state index contributed by atoms with van der Waals surface area (Å²) in [7, 11) is 0. The number of hydrogen-bond acceptors (Lipinski definition) is 6. The first-order chi connectivity index (χ1) is 12.3. The van der Waals surface area contributed by atoms with E-state index in [1.54, 1.807) is 19.1 Å². The molecule has 0 radical (unpaired) electrons. The number of benzene rings is 1. The van der Waals surface area contributed by atoms with Crippen LogP contribution in [0.1, 0.15) is 19.4 Å². The molecule has 1 aromatic carbocycles. The van der Waals surface area contributed by atoms with Crippen LogP contribution in [0.15, 0.2) is 36.4 Å². The minimum absolute atomic E-state index is 0.0110. The van der Waals surface area contributed by atoms with Crippen molar-refractivity contribution in [1.29, 1.82) is 0 Å². The van der Waals surface area contributed by atoms with Crippen molar-refractivity contribution in [3.8, 4) is 5.75 Å². The molecular weight excluding hydrogens is 338 g/mol. The topological polar surface area (TPSA) is 93.1 Å². The van der Waals surface area contributed by atoms with Crippen LogP contribution in [-0.4, -0.2) is 28.1 Å². The van der Waals surface area contributed by atoms with Gasteiger partial charge in [-0.15, -0.1) is 0 Å². The van der Waals surface area contributed by atoms with Crippen LogP contribution in [0.2, 0.25) is 0 Å². The summed E-state index contributed by atoms with van der Waals surface area (Å²) in [6.07, 6.45) is 2.86. The number of rotatable bonds is 3. The van der Waals surface area contributed by atoms with Crippen LogP contribution in [0.4, 0.5) is 4.79 Å². The van der Waals surface area contributed by atoms with E-state index in [4.69, 9.17) is 9.57 Å². The third-order valence-electron chi connectivity index (χ3n) is 6.01. The molecule has 5 atom stereocenters. The zero-order chi connectivity index (χ0) is 18.6. The second-order valence-corrected chi connectivity index (χ2v) is 7.34. The molecule has 2 amide bonds. The maximum atomic E-state index is 12.8. The zero-order valence-electron chi connectivity index (χ0n) is 14.4. The molecule has 5 unspecified atom stereocenters. The van der Waals surface area contributed by atoms with Gasteiger partial charge in [0.25, 0.3) is 11.8 Å². The zero-order valence-corrected chi connectivity index (χ0v) is 14.4. The van der Waals surface area contributed by atoms with Gasteiger partial charge in [0.05, 0.1) is 11.3 Å². The van der Waals surface area contributed by atoms with Crippen molar-refractivity contribution in [2.75, 3.05) is 0 Å². The maximum absolute atomic E-state index is 12.8. The van der Waals surface area contributed by atoms with Gasteiger partial charge >= 0.3 is 6.16 Å². The number of aromatic hydroxyl groups is 1. The highest BCUT2D eigenvalue weighted by molar-refractivity contribution is 6.08. The number of nitrogens with zero attached hydrogens (tertiary/aromatic N) is 1. The molecule has 7 heteroatoms. The van der Waals surface area contributed by atoms with Crippen LogP contribution < -0.4 is 0 Å². The van der Waals surface area contributed by atoms with Crippen LogP contribution in [-0.2, 0) is 25.8 Å². The van der Waals surface area contributed by atoms with Gasteiger partial charge in [0, 0.05) is 0 Å². The molecule has 136 valence electrons. The molecule has 0 aromatic heterocycles. The summed E-state index contributed by atoms with van der Waals surface area (Å²) in [6.45, 7) is 3.71. The SMILES string of the molecule is CC1C2C=CC1C1(C)C(=O)N(OC(=O)OCc3ccc(O)cc3)C(=O)C21. The Bertz CT molecular complexity index is 816. The van der Waals surface area contributed by atoms with Crippen LogP contribution in [0.5, 0.6) is 5.75 Å². The molecule has 2 aliphatic carbocycles. The number of phenols is 1. The number of carbonyl (C=O) groups is 3. The first kappa shape index (κ1) is 16.6. The van der Waals surface area contributed by atoms with E-state index < -0.39 is 29.3 Å². The Morgan fingerprint density at radius 1 is 1.23 bits per heavy atom. The van der Waals surface area contributed by atoms with Gasteiger partial charge in [-0.05, 0) is 42.4 Å². The van der Waals surface area contributed by atoms with E-state index in [1.165, 1.54) is 12.1 Å². The lowest BCUT2D eigenvalue weighted by Gasteiger charge is -2.28. The van der Waals surface area contributed by atoms with Crippen molar-refractivity contribution in [3.05, 3.63) is 42.0 Å². The summed E-state index contributed by atoms with van der Waals surface area (Å²) in [5.74, 6) is -1.19. The quantitative estimate of drug-likeness (QED) is 0.507. The molecular formula is C19H19NO6. The Morgan fingerprint density at radius 2 is 1.92 bits per heavy atom. The summed E-state index contributed by atoms with van der Waals surface area (Å²) in [6, 6.07) is 6.10. The number of imide groups is 1. The molecule has 1 heterocycles. The monoisotopic (exact) mass is 357 g/mol. The number of hydrogen-bond donors (Lipinski definition) is 1. The molecule has 7 nitrogen and oxygen atoms in total. The van der Waals surface area contributed by atoms with E-state index in [0.717, 1.165) is 0 Å². The standard InChI is InChI=1S/C19H19NO6/c1-10-13-7-8-14(10)19(2)15(13)16(22)20(17(19)23)26-18(24)25-9-11-3-5-12(21)6-4-11/h3-8,10,13-15,21H,9H2,1-2H3. The van der Waals surface area contributed by atoms with Crippen molar-refractivity contribution < 1.29 is 29.1 Å². The average molecular weight is 357 g/mol. The van der Waals surface area contributed by atoms with E-state index >= 15 is 0 Å². The number of allylic oxidation sites excluding steroid dienone is 2. The largest absolute Gasteiger partial charge is 0.534 e. The van der Waals surface area contributed by atoms with Gasteiger partial charge < -0.3 is 9.84 Å². The molecule has 1 saturated carbocycles. The third kappa shape index (κ3) is 2.16. The maximum Gasteiger partial charge on any atom is 0.534 e. The minimum Gasteiger partial charge on any atom is -0.508 e. The molecule has 0 spiro atoms. The number of hydroxylamine groups is 2. The van der Waals surface area contributed by atoms with Crippen molar-refractivity contribution in [3.63, 3.8) is 0 Å². The number of fused-ring (bicyclic) bond motifs is 5. The highest BCUT2D eigenvalue weighted by atomic mass is 16.8. The number of ether oxygens (including phenoxy) is 1. The summed E-state index contributed by atoms with van der Waals surface area (Å²) in [5.41, 5.74) is -0.230. The lowest BCUT2D eigenvalue weighted by atomic mass is 9.71. The van der Waals surface area contributed by atoms with E-state index in [2.05, 4.69) is 0 Å². The first-order valence-electron chi connectivity index (χ1n) is 8.53. The molecule has 26 heavy (non-hydrogen) atoms. The van der Waals surface area contributed by atoms with Crippen LogP contribution in [0.3, 0.4) is 0 Å². The molecule has 1 N–H and O–H groups in total. The lowest BCUT2D eigenvalue weighted by Crippen LogP contribution is -2.39. The average Bonchev–Trinajstić information content (AvgIpc) is 3.15.